The van der Waals surface area contributed by atoms with Gasteiger partial charge in [-0.1, -0.05) is 31.2 Å². The van der Waals surface area contributed by atoms with Crippen LogP contribution in [0.1, 0.15) is 18.1 Å². The molecule has 4 heteroatoms. The van der Waals surface area contributed by atoms with Crippen LogP contribution in [-0.2, 0) is 13.0 Å². The number of hydrogen-bond donors (Lipinski definition) is 2. The lowest BCUT2D eigenvalue weighted by Gasteiger charge is -2.09. The summed E-state index contributed by atoms with van der Waals surface area (Å²) in [6, 6.07) is 14.3. The average molecular weight is 278 g/mol. The Labute approximate surface area is 124 Å². The van der Waals surface area contributed by atoms with E-state index in [1.807, 2.05) is 18.2 Å². The van der Waals surface area contributed by atoms with E-state index in [1.165, 1.54) is 11.1 Å². The van der Waals surface area contributed by atoms with Crippen molar-refractivity contribution < 1.29 is 0 Å². The van der Waals surface area contributed by atoms with Crippen molar-refractivity contribution in [1.82, 2.24) is 9.97 Å². The molecule has 0 saturated heterocycles. The van der Waals surface area contributed by atoms with E-state index < -0.39 is 0 Å². The second-order valence-electron chi connectivity index (χ2n) is 5.02. The predicted molar refractivity (Wildman–Crippen MR) is 87.1 cm³/mol. The van der Waals surface area contributed by atoms with Crippen LogP contribution in [-0.4, -0.2) is 9.97 Å². The molecule has 106 valence electrons. The molecular weight excluding hydrogens is 260 g/mol. The van der Waals surface area contributed by atoms with Crippen molar-refractivity contribution in [2.45, 2.75) is 19.9 Å². The topological polar surface area (TPSA) is 63.8 Å². The van der Waals surface area contributed by atoms with Crippen molar-refractivity contribution in [2.24, 2.45) is 0 Å². The molecule has 0 bridgehead atoms. The number of hydrogen-bond acceptors (Lipinski definition) is 4. The number of benzene rings is 2. The van der Waals surface area contributed by atoms with E-state index in [2.05, 4.69) is 46.5 Å². The van der Waals surface area contributed by atoms with Gasteiger partial charge in [0.1, 0.15) is 12.1 Å². The first-order valence-electron chi connectivity index (χ1n) is 7.08. The zero-order valence-corrected chi connectivity index (χ0v) is 12.0. The molecule has 0 radical (unpaired) electrons. The highest BCUT2D eigenvalue weighted by Crippen LogP contribution is 2.21. The van der Waals surface area contributed by atoms with Crippen LogP contribution in [0.5, 0.6) is 0 Å². The van der Waals surface area contributed by atoms with Gasteiger partial charge in [-0.25, -0.2) is 9.97 Å². The van der Waals surface area contributed by atoms with Gasteiger partial charge >= 0.3 is 0 Å². The first-order valence-corrected chi connectivity index (χ1v) is 7.08. The molecular formula is C17H18N4. The Kier molecular flexibility index (Phi) is 3.69. The Balaban J connectivity index is 1.81. The molecule has 0 aliphatic rings. The summed E-state index contributed by atoms with van der Waals surface area (Å²) in [5, 5.41) is 4.35. The lowest BCUT2D eigenvalue weighted by molar-refractivity contribution is 1.08. The van der Waals surface area contributed by atoms with Crippen LogP contribution in [0.15, 0.2) is 48.8 Å². The maximum Gasteiger partial charge on any atom is 0.137 e. The van der Waals surface area contributed by atoms with E-state index in [9.17, 15) is 0 Å². The second-order valence-corrected chi connectivity index (χ2v) is 5.02. The fraction of sp³-hybridized carbons (Fsp3) is 0.176. The normalized spacial score (nSPS) is 10.7. The van der Waals surface area contributed by atoms with Crippen molar-refractivity contribution in [3.8, 4) is 0 Å². The number of nitrogens with two attached hydrogens (primary N) is 1. The molecule has 21 heavy (non-hydrogen) atoms. The second kappa shape index (κ2) is 5.79. The maximum atomic E-state index is 5.79. The number of rotatable bonds is 4. The zero-order valence-electron chi connectivity index (χ0n) is 12.0. The highest BCUT2D eigenvalue weighted by Gasteiger charge is 2.03. The number of fused-ring (bicyclic) bond motifs is 1. The molecule has 0 unspecified atom stereocenters. The molecule has 4 nitrogen and oxygen atoms in total. The maximum absolute atomic E-state index is 5.79. The van der Waals surface area contributed by atoms with E-state index in [-0.39, 0.29) is 0 Å². The average Bonchev–Trinajstić information content (AvgIpc) is 2.53. The Morgan fingerprint density at radius 2 is 1.76 bits per heavy atom. The molecule has 0 aliphatic carbocycles. The number of nitrogens with one attached hydrogen (secondary N) is 1. The smallest absolute Gasteiger partial charge is 0.137 e. The van der Waals surface area contributed by atoms with Gasteiger partial charge in [0.25, 0.3) is 0 Å². The van der Waals surface area contributed by atoms with Crippen LogP contribution in [0.2, 0.25) is 0 Å². The van der Waals surface area contributed by atoms with Crippen LogP contribution in [0, 0.1) is 0 Å². The third kappa shape index (κ3) is 2.94. The molecule has 0 saturated carbocycles. The van der Waals surface area contributed by atoms with Crippen LogP contribution < -0.4 is 11.1 Å². The number of nitrogens with zero attached hydrogens (tertiary/aromatic N) is 2. The van der Waals surface area contributed by atoms with Crippen LogP contribution in [0.25, 0.3) is 10.9 Å². The van der Waals surface area contributed by atoms with Gasteiger partial charge in [0.2, 0.25) is 0 Å². The molecule has 3 rings (SSSR count). The van der Waals surface area contributed by atoms with Crippen molar-refractivity contribution in [3.05, 3.63) is 59.9 Å². The van der Waals surface area contributed by atoms with Gasteiger partial charge in [-0.05, 0) is 35.7 Å². The third-order valence-electron chi connectivity index (χ3n) is 3.55. The van der Waals surface area contributed by atoms with Gasteiger partial charge in [0, 0.05) is 17.6 Å². The van der Waals surface area contributed by atoms with Crippen LogP contribution >= 0.6 is 0 Å². The summed E-state index contributed by atoms with van der Waals surface area (Å²) in [6.45, 7) is 2.90. The van der Waals surface area contributed by atoms with Crippen molar-refractivity contribution in [3.63, 3.8) is 0 Å². The zero-order chi connectivity index (χ0) is 14.7. The van der Waals surface area contributed by atoms with Gasteiger partial charge in [-0.3, -0.25) is 0 Å². The molecule has 3 aromatic rings. The molecule has 0 amide bonds. The van der Waals surface area contributed by atoms with Gasteiger partial charge in [0.05, 0.1) is 5.52 Å². The molecule has 0 spiro atoms. The minimum atomic E-state index is 0.710. The minimum Gasteiger partial charge on any atom is -0.399 e. The summed E-state index contributed by atoms with van der Waals surface area (Å²) in [4.78, 5) is 8.57. The van der Waals surface area contributed by atoms with Gasteiger partial charge in [0.15, 0.2) is 0 Å². The lowest BCUT2D eigenvalue weighted by Crippen LogP contribution is -2.02. The Bertz CT molecular complexity index is 750. The van der Waals surface area contributed by atoms with E-state index in [1.54, 1.807) is 6.33 Å². The summed E-state index contributed by atoms with van der Waals surface area (Å²) in [6.07, 6.45) is 2.62. The molecule has 1 heterocycles. The van der Waals surface area contributed by atoms with Crippen LogP contribution in [0.4, 0.5) is 11.5 Å². The standard InChI is InChI=1S/C17H18N4/c1-2-12-3-5-13(6-4-12)10-19-17-15-8-7-14(18)9-16(15)20-11-21-17/h3-9,11H,2,10,18H2,1H3,(H,19,20,21). The van der Waals surface area contributed by atoms with Crippen molar-refractivity contribution in [2.75, 3.05) is 11.1 Å². The molecule has 2 aromatic carbocycles. The predicted octanol–water partition coefficient (Wildman–Crippen LogP) is 3.39. The summed E-state index contributed by atoms with van der Waals surface area (Å²) in [7, 11) is 0. The number of aromatic nitrogens is 2. The molecule has 0 atom stereocenters. The lowest BCUT2D eigenvalue weighted by atomic mass is 10.1. The van der Waals surface area contributed by atoms with E-state index in [4.69, 9.17) is 5.73 Å². The van der Waals surface area contributed by atoms with E-state index >= 15 is 0 Å². The summed E-state index contributed by atoms with van der Waals surface area (Å²) in [5.41, 5.74) is 9.93. The number of nitrogen functional groups attached to an aromatic ring is 1. The molecule has 0 fully saturated rings. The molecule has 1 aromatic heterocycles. The Morgan fingerprint density at radius 3 is 2.52 bits per heavy atom. The highest BCUT2D eigenvalue weighted by atomic mass is 15.0. The number of anilines is 2. The summed E-state index contributed by atoms with van der Waals surface area (Å²) in [5.74, 6) is 0.833. The first-order chi connectivity index (χ1) is 10.3. The van der Waals surface area contributed by atoms with E-state index in [0.29, 0.717) is 5.69 Å². The number of aryl methyl sites for hydroxylation is 1. The Hall–Kier alpha value is -2.62. The van der Waals surface area contributed by atoms with Gasteiger partial charge < -0.3 is 11.1 Å². The van der Waals surface area contributed by atoms with E-state index in [0.717, 1.165) is 29.7 Å². The summed E-state index contributed by atoms with van der Waals surface area (Å²) >= 11 is 0. The molecule has 3 N–H and O–H groups in total. The van der Waals surface area contributed by atoms with Crippen LogP contribution in [0.3, 0.4) is 0 Å². The fourth-order valence-electron chi connectivity index (χ4n) is 2.29. The van der Waals surface area contributed by atoms with Gasteiger partial charge in [-0.2, -0.15) is 0 Å². The van der Waals surface area contributed by atoms with Crippen molar-refractivity contribution >= 4 is 22.4 Å². The first kappa shape index (κ1) is 13.4. The summed E-state index contributed by atoms with van der Waals surface area (Å²) < 4.78 is 0. The third-order valence-corrected chi connectivity index (χ3v) is 3.55. The highest BCUT2D eigenvalue weighted by molar-refractivity contribution is 5.90. The van der Waals surface area contributed by atoms with Crippen molar-refractivity contribution in [1.29, 1.82) is 0 Å². The minimum absolute atomic E-state index is 0.710. The largest absolute Gasteiger partial charge is 0.399 e. The van der Waals surface area contributed by atoms with Gasteiger partial charge in [-0.15, -0.1) is 0 Å². The molecule has 0 aliphatic heterocycles. The quantitative estimate of drug-likeness (QED) is 0.718. The Morgan fingerprint density at radius 1 is 1.00 bits per heavy atom. The fourth-order valence-corrected chi connectivity index (χ4v) is 2.29. The monoisotopic (exact) mass is 278 g/mol. The SMILES string of the molecule is CCc1ccc(CNc2ncnc3cc(N)ccc23)cc1.